The topological polar surface area (TPSA) is 61.9 Å². The molecule has 120 valence electrons. The van der Waals surface area contributed by atoms with Crippen LogP contribution in [0.15, 0.2) is 0 Å². The molecule has 1 aliphatic heterocycles. The second kappa shape index (κ2) is 8.94. The van der Waals surface area contributed by atoms with Gasteiger partial charge in [-0.05, 0) is 38.8 Å². The zero-order valence-corrected chi connectivity index (χ0v) is 13.8. The predicted molar refractivity (Wildman–Crippen MR) is 80.9 cm³/mol. The van der Waals surface area contributed by atoms with Crippen molar-refractivity contribution in [1.29, 1.82) is 0 Å². The van der Waals surface area contributed by atoms with E-state index >= 15 is 0 Å². The first-order valence-electron chi connectivity index (χ1n) is 7.52. The lowest BCUT2D eigenvalue weighted by Crippen LogP contribution is -2.47. The van der Waals surface area contributed by atoms with Gasteiger partial charge >= 0.3 is 0 Å². The maximum Gasteiger partial charge on any atom is 0.281 e. The quantitative estimate of drug-likeness (QED) is 0.631. The van der Waals surface area contributed by atoms with Gasteiger partial charge in [-0.15, -0.1) is 0 Å². The highest BCUT2D eigenvalue weighted by atomic mass is 32.2. The molecule has 1 heterocycles. The molecule has 1 rings (SSSR count). The van der Waals surface area contributed by atoms with Crippen molar-refractivity contribution in [3.8, 4) is 0 Å². The minimum Gasteiger partial charge on any atom is -0.380 e. The van der Waals surface area contributed by atoms with Gasteiger partial charge in [0.2, 0.25) is 0 Å². The van der Waals surface area contributed by atoms with Crippen molar-refractivity contribution in [2.75, 3.05) is 53.0 Å². The number of hydrogen-bond donors (Lipinski definition) is 1. The summed E-state index contributed by atoms with van der Waals surface area (Å²) in [6.45, 7) is 8.68. The minimum atomic E-state index is -3.32. The van der Waals surface area contributed by atoms with E-state index in [4.69, 9.17) is 4.74 Å². The zero-order valence-electron chi connectivity index (χ0n) is 13.0. The number of rotatable bonds is 9. The number of hydrogen-bond acceptors (Lipinski definition) is 4. The second-order valence-corrected chi connectivity index (χ2v) is 7.21. The molecule has 0 bridgehead atoms. The van der Waals surface area contributed by atoms with E-state index in [-0.39, 0.29) is 0 Å². The van der Waals surface area contributed by atoms with Crippen LogP contribution >= 0.6 is 0 Å². The molecule has 0 radical (unpaired) electrons. The van der Waals surface area contributed by atoms with Crippen LogP contribution in [-0.4, -0.2) is 70.0 Å². The molecule has 0 aromatic heterocycles. The van der Waals surface area contributed by atoms with E-state index in [1.165, 1.54) is 4.31 Å². The molecule has 0 atom stereocenters. The van der Waals surface area contributed by atoms with Crippen LogP contribution in [0.1, 0.15) is 26.7 Å². The Morgan fingerprint density at radius 3 is 2.50 bits per heavy atom. The Bertz CT molecular complexity index is 354. The summed E-state index contributed by atoms with van der Waals surface area (Å²) in [6.07, 6.45) is 1.87. The highest BCUT2D eigenvalue weighted by Gasteiger charge is 2.30. The first kappa shape index (κ1) is 17.8. The van der Waals surface area contributed by atoms with Crippen LogP contribution < -0.4 is 5.32 Å². The molecule has 1 aliphatic rings. The van der Waals surface area contributed by atoms with Crippen LogP contribution in [-0.2, 0) is 14.9 Å². The minimum absolute atomic E-state index is 0.410. The summed E-state index contributed by atoms with van der Waals surface area (Å²) in [5.41, 5.74) is 0. The average Bonchev–Trinajstić information content (AvgIpc) is 2.45. The van der Waals surface area contributed by atoms with Crippen molar-refractivity contribution < 1.29 is 13.2 Å². The SMILES string of the molecule is CCNCC1CCN(S(=O)(=O)N(C)CCOCC)CC1. The summed E-state index contributed by atoms with van der Waals surface area (Å²) >= 11 is 0. The third kappa shape index (κ3) is 5.29. The summed E-state index contributed by atoms with van der Waals surface area (Å²) in [7, 11) is -1.70. The molecule has 0 amide bonds. The number of likely N-dealkylation sites (N-methyl/N-ethyl adjacent to an activating group) is 1. The van der Waals surface area contributed by atoms with Gasteiger partial charge in [0.25, 0.3) is 10.2 Å². The lowest BCUT2D eigenvalue weighted by Gasteiger charge is -2.33. The van der Waals surface area contributed by atoms with E-state index in [9.17, 15) is 8.42 Å². The van der Waals surface area contributed by atoms with E-state index in [1.807, 2.05) is 6.92 Å². The summed E-state index contributed by atoms with van der Waals surface area (Å²) < 4.78 is 33.0. The fraction of sp³-hybridized carbons (Fsp3) is 1.00. The Hall–Kier alpha value is -0.210. The van der Waals surface area contributed by atoms with Crippen LogP contribution in [0.5, 0.6) is 0 Å². The molecule has 0 unspecified atom stereocenters. The Morgan fingerprint density at radius 2 is 1.95 bits per heavy atom. The molecular formula is C13H29N3O3S. The first-order chi connectivity index (χ1) is 9.52. The molecule has 1 fully saturated rings. The fourth-order valence-electron chi connectivity index (χ4n) is 2.34. The van der Waals surface area contributed by atoms with E-state index in [0.717, 1.165) is 25.9 Å². The van der Waals surface area contributed by atoms with Crippen LogP contribution in [0.3, 0.4) is 0 Å². The molecule has 0 spiro atoms. The van der Waals surface area contributed by atoms with Gasteiger partial charge in [-0.25, -0.2) is 0 Å². The van der Waals surface area contributed by atoms with Crippen molar-refractivity contribution in [3.63, 3.8) is 0 Å². The van der Waals surface area contributed by atoms with Gasteiger partial charge in [-0.3, -0.25) is 0 Å². The second-order valence-electron chi connectivity index (χ2n) is 5.18. The fourth-order valence-corrected chi connectivity index (χ4v) is 3.71. The maximum absolute atomic E-state index is 12.4. The molecule has 0 aliphatic carbocycles. The number of nitrogens with zero attached hydrogens (tertiary/aromatic N) is 2. The van der Waals surface area contributed by atoms with Gasteiger partial charge < -0.3 is 10.1 Å². The molecule has 0 saturated carbocycles. The summed E-state index contributed by atoms with van der Waals surface area (Å²) in [5.74, 6) is 0.593. The number of ether oxygens (including phenoxy) is 1. The summed E-state index contributed by atoms with van der Waals surface area (Å²) in [5, 5.41) is 3.33. The highest BCUT2D eigenvalue weighted by molar-refractivity contribution is 7.86. The summed E-state index contributed by atoms with van der Waals surface area (Å²) in [6, 6.07) is 0. The smallest absolute Gasteiger partial charge is 0.281 e. The van der Waals surface area contributed by atoms with Crippen molar-refractivity contribution in [3.05, 3.63) is 0 Å². The molecule has 1 N–H and O–H groups in total. The van der Waals surface area contributed by atoms with Crippen molar-refractivity contribution in [2.45, 2.75) is 26.7 Å². The van der Waals surface area contributed by atoms with Gasteiger partial charge in [-0.1, -0.05) is 6.92 Å². The predicted octanol–water partition coefficient (Wildman–Crippen LogP) is 0.521. The molecule has 0 aromatic carbocycles. The average molecular weight is 307 g/mol. The van der Waals surface area contributed by atoms with E-state index in [2.05, 4.69) is 12.2 Å². The van der Waals surface area contributed by atoms with Crippen LogP contribution in [0, 0.1) is 5.92 Å². The van der Waals surface area contributed by atoms with Gasteiger partial charge in [0.15, 0.2) is 0 Å². The van der Waals surface area contributed by atoms with E-state index in [0.29, 0.717) is 38.8 Å². The van der Waals surface area contributed by atoms with E-state index < -0.39 is 10.2 Å². The Kier molecular flexibility index (Phi) is 7.98. The first-order valence-corrected chi connectivity index (χ1v) is 8.91. The van der Waals surface area contributed by atoms with Crippen molar-refractivity contribution >= 4 is 10.2 Å². The Balaban J connectivity index is 2.41. The molecule has 6 nitrogen and oxygen atoms in total. The van der Waals surface area contributed by atoms with Crippen molar-refractivity contribution in [1.82, 2.24) is 13.9 Å². The third-order valence-electron chi connectivity index (χ3n) is 3.73. The Morgan fingerprint density at radius 1 is 1.30 bits per heavy atom. The third-order valence-corrected chi connectivity index (χ3v) is 5.72. The monoisotopic (exact) mass is 307 g/mol. The lowest BCUT2D eigenvalue weighted by atomic mass is 9.98. The van der Waals surface area contributed by atoms with Crippen LogP contribution in [0.2, 0.25) is 0 Å². The van der Waals surface area contributed by atoms with Crippen molar-refractivity contribution in [2.24, 2.45) is 5.92 Å². The standard InChI is InChI=1S/C13H29N3O3S/c1-4-14-12-13-6-8-16(9-7-13)20(17,18)15(3)10-11-19-5-2/h13-14H,4-12H2,1-3H3. The number of piperidine rings is 1. The maximum atomic E-state index is 12.4. The summed E-state index contributed by atoms with van der Waals surface area (Å²) in [4.78, 5) is 0. The number of nitrogens with one attached hydrogen (secondary N) is 1. The molecule has 0 aromatic rings. The lowest BCUT2D eigenvalue weighted by molar-refractivity contribution is 0.136. The van der Waals surface area contributed by atoms with Crippen LogP contribution in [0.25, 0.3) is 0 Å². The van der Waals surface area contributed by atoms with Gasteiger partial charge in [0.1, 0.15) is 0 Å². The molecule has 1 saturated heterocycles. The largest absolute Gasteiger partial charge is 0.380 e. The Labute approximate surface area is 123 Å². The normalized spacial score (nSPS) is 18.8. The highest BCUT2D eigenvalue weighted by Crippen LogP contribution is 2.20. The van der Waals surface area contributed by atoms with Crippen LogP contribution in [0.4, 0.5) is 0 Å². The van der Waals surface area contributed by atoms with E-state index in [1.54, 1.807) is 11.4 Å². The van der Waals surface area contributed by atoms with Gasteiger partial charge in [-0.2, -0.15) is 17.0 Å². The molecule has 20 heavy (non-hydrogen) atoms. The molecular weight excluding hydrogens is 278 g/mol. The van der Waals surface area contributed by atoms with Gasteiger partial charge in [0.05, 0.1) is 6.61 Å². The van der Waals surface area contributed by atoms with Gasteiger partial charge in [0, 0.05) is 33.3 Å². The molecule has 7 heteroatoms. The zero-order chi connectivity index (χ0) is 15.0.